The maximum Gasteiger partial charge on any atom is 0.408 e. The molecule has 1 heterocycles. The van der Waals surface area contributed by atoms with E-state index in [-0.39, 0.29) is 24.5 Å². The number of hydrogen-bond donors (Lipinski definition) is 3. The molecule has 3 N–H and O–H groups in total. The standard InChI is InChI=1S/C22H31N3O3S2/c1-14(2)10-17(19-13-30-22(29)25-19)23-20(26)18(11-15(3)4)24-21(27)28-12-16-8-6-5-7-9-16/h5-9,13-15,17-18H,10-12H2,1-4H3,(H,23,26)(H,24,27)(H,25,29). The Balaban J connectivity index is 2.03. The maximum absolute atomic E-state index is 13.0. The van der Waals surface area contributed by atoms with Crippen LogP contribution in [0.25, 0.3) is 0 Å². The lowest BCUT2D eigenvalue weighted by Crippen LogP contribution is -2.48. The number of alkyl carbamates (subject to hydrolysis) is 1. The molecule has 0 bridgehead atoms. The highest BCUT2D eigenvalue weighted by molar-refractivity contribution is 7.73. The van der Waals surface area contributed by atoms with Crippen molar-refractivity contribution in [2.45, 2.75) is 59.2 Å². The smallest absolute Gasteiger partial charge is 0.408 e. The molecule has 0 aliphatic rings. The van der Waals surface area contributed by atoms with Gasteiger partial charge in [0.15, 0.2) is 3.95 Å². The summed E-state index contributed by atoms with van der Waals surface area (Å²) in [7, 11) is 0. The van der Waals surface area contributed by atoms with E-state index in [9.17, 15) is 9.59 Å². The van der Waals surface area contributed by atoms with E-state index >= 15 is 0 Å². The van der Waals surface area contributed by atoms with Crippen LogP contribution in [-0.2, 0) is 16.1 Å². The van der Waals surface area contributed by atoms with Crippen LogP contribution < -0.4 is 10.6 Å². The topological polar surface area (TPSA) is 83.2 Å². The fourth-order valence-electron chi connectivity index (χ4n) is 3.08. The Morgan fingerprint density at radius 2 is 1.73 bits per heavy atom. The zero-order valence-corrected chi connectivity index (χ0v) is 19.6. The molecule has 2 atom stereocenters. The number of nitrogens with one attached hydrogen (secondary N) is 3. The third-order valence-corrected chi connectivity index (χ3v) is 5.55. The van der Waals surface area contributed by atoms with Crippen LogP contribution in [0.15, 0.2) is 35.7 Å². The number of carbonyl (C=O) groups is 2. The number of carbonyl (C=O) groups excluding carboxylic acids is 2. The first-order chi connectivity index (χ1) is 14.2. The minimum Gasteiger partial charge on any atom is -0.445 e. The first-order valence-electron chi connectivity index (χ1n) is 10.2. The SMILES string of the molecule is CC(C)CC(NC(=O)OCc1ccccc1)C(=O)NC(CC(C)C)c1csc(=S)[nH]1. The lowest BCUT2D eigenvalue weighted by atomic mass is 9.99. The summed E-state index contributed by atoms with van der Waals surface area (Å²) < 4.78 is 5.97. The number of hydrogen-bond acceptors (Lipinski definition) is 5. The lowest BCUT2D eigenvalue weighted by molar-refractivity contribution is -0.124. The van der Waals surface area contributed by atoms with Gasteiger partial charge >= 0.3 is 6.09 Å². The van der Waals surface area contributed by atoms with Gasteiger partial charge in [-0.05, 0) is 42.5 Å². The van der Waals surface area contributed by atoms with Gasteiger partial charge in [-0.2, -0.15) is 0 Å². The molecule has 2 aromatic rings. The minimum absolute atomic E-state index is 0.157. The first-order valence-corrected chi connectivity index (χ1v) is 11.5. The number of H-pyrrole nitrogens is 1. The summed E-state index contributed by atoms with van der Waals surface area (Å²) in [6, 6.07) is 8.57. The summed E-state index contributed by atoms with van der Waals surface area (Å²) in [5.41, 5.74) is 1.78. The van der Waals surface area contributed by atoms with E-state index in [2.05, 4.69) is 29.5 Å². The van der Waals surface area contributed by atoms with Crippen LogP contribution >= 0.6 is 23.6 Å². The number of thiazole rings is 1. The molecule has 0 saturated carbocycles. The highest BCUT2D eigenvalue weighted by atomic mass is 32.1. The molecule has 1 aromatic heterocycles. The van der Waals surface area contributed by atoms with E-state index in [4.69, 9.17) is 17.0 Å². The van der Waals surface area contributed by atoms with Crippen molar-refractivity contribution < 1.29 is 14.3 Å². The third-order valence-electron chi connectivity index (χ3n) is 4.47. The third kappa shape index (κ3) is 8.28. The van der Waals surface area contributed by atoms with Crippen molar-refractivity contribution >= 4 is 35.6 Å². The average molecular weight is 450 g/mol. The largest absolute Gasteiger partial charge is 0.445 e. The van der Waals surface area contributed by atoms with Gasteiger partial charge in [0.1, 0.15) is 12.6 Å². The number of aromatic nitrogens is 1. The van der Waals surface area contributed by atoms with Crippen LogP contribution in [0.3, 0.4) is 0 Å². The molecule has 164 valence electrons. The molecule has 0 aliphatic heterocycles. The number of ether oxygens (including phenoxy) is 1. The molecule has 6 nitrogen and oxygen atoms in total. The van der Waals surface area contributed by atoms with Crippen LogP contribution in [0.4, 0.5) is 4.79 Å². The van der Waals surface area contributed by atoms with Crippen LogP contribution in [0.1, 0.15) is 57.8 Å². The summed E-state index contributed by atoms with van der Waals surface area (Å²) in [5, 5.41) is 7.75. The van der Waals surface area contributed by atoms with E-state index in [1.807, 2.05) is 49.6 Å². The van der Waals surface area contributed by atoms with Crippen LogP contribution in [-0.4, -0.2) is 23.0 Å². The van der Waals surface area contributed by atoms with Crippen molar-refractivity contribution in [2.24, 2.45) is 11.8 Å². The maximum atomic E-state index is 13.0. The number of benzene rings is 1. The van der Waals surface area contributed by atoms with E-state index < -0.39 is 12.1 Å². The van der Waals surface area contributed by atoms with Crippen LogP contribution in [0, 0.1) is 15.8 Å². The van der Waals surface area contributed by atoms with Gasteiger partial charge in [0.2, 0.25) is 5.91 Å². The van der Waals surface area contributed by atoms with Crippen molar-refractivity contribution in [1.82, 2.24) is 15.6 Å². The molecule has 2 rings (SSSR count). The van der Waals surface area contributed by atoms with Gasteiger partial charge in [-0.15, -0.1) is 11.3 Å². The number of amides is 2. The second kappa shape index (κ2) is 11.9. The van der Waals surface area contributed by atoms with Gasteiger partial charge in [0, 0.05) is 11.1 Å². The quantitative estimate of drug-likeness (QED) is 0.427. The predicted octanol–water partition coefficient (Wildman–Crippen LogP) is 5.35. The zero-order valence-electron chi connectivity index (χ0n) is 17.9. The Morgan fingerprint density at radius 1 is 1.07 bits per heavy atom. The first kappa shape index (κ1) is 24.1. The van der Waals surface area contributed by atoms with E-state index in [1.165, 1.54) is 11.3 Å². The Bertz CT molecular complexity index is 862. The highest BCUT2D eigenvalue weighted by Gasteiger charge is 2.26. The molecule has 0 saturated heterocycles. The van der Waals surface area contributed by atoms with Crippen molar-refractivity contribution in [3.63, 3.8) is 0 Å². The molecule has 2 amide bonds. The molecular formula is C22H31N3O3S2. The van der Waals surface area contributed by atoms with Gasteiger partial charge in [-0.3, -0.25) is 4.79 Å². The molecule has 1 aromatic carbocycles. The summed E-state index contributed by atoms with van der Waals surface area (Å²) in [6.07, 6.45) is 0.677. The monoisotopic (exact) mass is 449 g/mol. The van der Waals surface area contributed by atoms with Gasteiger partial charge in [0.05, 0.1) is 6.04 Å². The Kier molecular flexibility index (Phi) is 9.52. The molecular weight excluding hydrogens is 418 g/mol. The number of rotatable bonds is 10. The highest BCUT2D eigenvalue weighted by Crippen LogP contribution is 2.22. The zero-order chi connectivity index (χ0) is 22.1. The average Bonchev–Trinajstić information content (AvgIpc) is 3.12. The molecule has 0 radical (unpaired) electrons. The van der Waals surface area contributed by atoms with Crippen LogP contribution in [0.2, 0.25) is 0 Å². The normalized spacial score (nSPS) is 13.1. The van der Waals surface area contributed by atoms with Crippen LogP contribution in [0.5, 0.6) is 0 Å². The predicted molar refractivity (Wildman–Crippen MR) is 123 cm³/mol. The van der Waals surface area contributed by atoms with Gasteiger partial charge in [-0.1, -0.05) is 58.0 Å². The second-order valence-corrected chi connectivity index (χ2v) is 9.73. The van der Waals surface area contributed by atoms with Gasteiger partial charge < -0.3 is 20.4 Å². The van der Waals surface area contributed by atoms with Gasteiger partial charge in [0.25, 0.3) is 0 Å². The number of aromatic amines is 1. The Labute approximate surface area is 187 Å². The Hall–Kier alpha value is -2.19. The van der Waals surface area contributed by atoms with E-state index in [0.717, 1.165) is 17.7 Å². The molecule has 2 unspecified atom stereocenters. The summed E-state index contributed by atoms with van der Waals surface area (Å²) in [5.74, 6) is 0.381. The van der Waals surface area contributed by atoms with Gasteiger partial charge in [-0.25, -0.2) is 4.79 Å². The summed E-state index contributed by atoms with van der Waals surface area (Å²) in [6.45, 7) is 8.39. The summed E-state index contributed by atoms with van der Waals surface area (Å²) in [4.78, 5) is 28.5. The van der Waals surface area contributed by atoms with Crippen molar-refractivity contribution in [3.8, 4) is 0 Å². The molecule has 0 aliphatic carbocycles. The Morgan fingerprint density at radius 3 is 2.30 bits per heavy atom. The fraction of sp³-hybridized carbons (Fsp3) is 0.500. The van der Waals surface area contributed by atoms with Crippen molar-refractivity contribution in [2.75, 3.05) is 0 Å². The lowest BCUT2D eigenvalue weighted by Gasteiger charge is -2.25. The molecule has 0 spiro atoms. The minimum atomic E-state index is -0.676. The van der Waals surface area contributed by atoms with Crippen molar-refractivity contribution in [3.05, 3.63) is 50.9 Å². The van der Waals surface area contributed by atoms with E-state index in [0.29, 0.717) is 16.3 Å². The van der Waals surface area contributed by atoms with Crippen molar-refractivity contribution in [1.29, 1.82) is 0 Å². The molecule has 30 heavy (non-hydrogen) atoms. The molecule has 0 fully saturated rings. The summed E-state index contributed by atoms with van der Waals surface area (Å²) >= 11 is 6.63. The fourth-order valence-corrected chi connectivity index (χ4v) is 3.98. The molecule has 8 heteroatoms. The second-order valence-electron chi connectivity index (χ2n) is 8.18. The van der Waals surface area contributed by atoms with E-state index in [1.54, 1.807) is 0 Å².